The predicted molar refractivity (Wildman–Crippen MR) is 95.6 cm³/mol. The summed E-state index contributed by atoms with van der Waals surface area (Å²) in [5, 5.41) is 11.7. The normalized spacial score (nSPS) is 12.9. The zero-order chi connectivity index (χ0) is 18.2. The molecule has 0 fully saturated rings. The lowest BCUT2D eigenvalue weighted by atomic mass is 9.95. The van der Waals surface area contributed by atoms with Crippen molar-refractivity contribution in [2.45, 2.75) is 32.2 Å². The fourth-order valence-electron chi connectivity index (χ4n) is 2.65. The summed E-state index contributed by atoms with van der Waals surface area (Å²) in [6, 6.07) is 16.6. The first kappa shape index (κ1) is 18.5. The number of hydrogen-bond acceptors (Lipinski definition) is 3. The summed E-state index contributed by atoms with van der Waals surface area (Å²) < 4.78 is 5.11. The molecule has 5 nitrogen and oxygen atoms in total. The minimum absolute atomic E-state index is 0.00703. The molecule has 2 N–H and O–H groups in total. The highest BCUT2D eigenvalue weighted by atomic mass is 16.5. The number of carboxylic acids is 1. The monoisotopic (exact) mass is 341 g/mol. The molecule has 2 aromatic carbocycles. The van der Waals surface area contributed by atoms with Crippen LogP contribution < -0.4 is 10.1 Å². The molecule has 0 saturated heterocycles. The number of benzene rings is 2. The van der Waals surface area contributed by atoms with E-state index in [2.05, 4.69) is 5.32 Å². The van der Waals surface area contributed by atoms with Crippen molar-refractivity contribution in [3.05, 3.63) is 65.7 Å². The molecule has 2 rings (SSSR count). The molecule has 5 heteroatoms. The van der Waals surface area contributed by atoms with Crippen LogP contribution in [0, 0.1) is 0 Å². The molecule has 2 aromatic rings. The van der Waals surface area contributed by atoms with Gasteiger partial charge in [0.15, 0.2) is 6.61 Å². The van der Waals surface area contributed by atoms with Gasteiger partial charge < -0.3 is 15.2 Å². The first-order valence-electron chi connectivity index (χ1n) is 8.31. The topological polar surface area (TPSA) is 75.6 Å². The lowest BCUT2D eigenvalue weighted by molar-refractivity contribution is -0.139. The Morgan fingerprint density at radius 1 is 1.04 bits per heavy atom. The summed E-state index contributed by atoms with van der Waals surface area (Å²) in [7, 11) is 0. The largest absolute Gasteiger partial charge is 0.482 e. The van der Waals surface area contributed by atoms with Crippen molar-refractivity contribution >= 4 is 11.9 Å². The Kier molecular flexibility index (Phi) is 6.57. The van der Waals surface area contributed by atoms with E-state index in [1.165, 1.54) is 0 Å². The molecule has 0 saturated carbocycles. The molecule has 0 aliphatic rings. The van der Waals surface area contributed by atoms with Crippen LogP contribution in [0.4, 0.5) is 0 Å². The predicted octanol–water partition coefficient (Wildman–Crippen LogP) is 3.52. The van der Waals surface area contributed by atoms with Crippen molar-refractivity contribution in [1.29, 1.82) is 0 Å². The Morgan fingerprint density at radius 2 is 1.68 bits per heavy atom. The minimum atomic E-state index is -1.02. The van der Waals surface area contributed by atoms with Crippen LogP contribution in [-0.4, -0.2) is 23.6 Å². The van der Waals surface area contributed by atoms with Gasteiger partial charge in [0, 0.05) is 0 Å². The van der Waals surface area contributed by atoms with E-state index in [-0.39, 0.29) is 24.5 Å². The van der Waals surface area contributed by atoms with Crippen molar-refractivity contribution in [2.75, 3.05) is 6.61 Å². The second-order valence-electron chi connectivity index (χ2n) is 5.85. The van der Waals surface area contributed by atoms with Crippen LogP contribution in [0.15, 0.2) is 54.6 Å². The summed E-state index contributed by atoms with van der Waals surface area (Å²) in [6.07, 6.45) is 0.727. The molecular weight excluding hydrogens is 318 g/mol. The van der Waals surface area contributed by atoms with Gasteiger partial charge in [-0.2, -0.15) is 0 Å². The number of carbonyl (C=O) groups excluding carboxylic acids is 1. The third-order valence-corrected chi connectivity index (χ3v) is 4.03. The zero-order valence-corrected chi connectivity index (χ0v) is 14.4. The SMILES string of the molecule is CCC(C(=O)NC(C)c1ccc(OCC(=O)O)cc1)c1ccccc1. The lowest BCUT2D eigenvalue weighted by Gasteiger charge is -2.20. The average molecular weight is 341 g/mol. The van der Waals surface area contributed by atoms with Crippen molar-refractivity contribution in [3.63, 3.8) is 0 Å². The highest BCUT2D eigenvalue weighted by molar-refractivity contribution is 5.83. The van der Waals surface area contributed by atoms with Gasteiger partial charge in [0.25, 0.3) is 0 Å². The summed E-state index contributed by atoms with van der Waals surface area (Å²) in [4.78, 5) is 23.1. The van der Waals surface area contributed by atoms with Gasteiger partial charge in [0.1, 0.15) is 5.75 Å². The van der Waals surface area contributed by atoms with Gasteiger partial charge in [-0.05, 0) is 36.6 Å². The maximum absolute atomic E-state index is 12.6. The highest BCUT2D eigenvalue weighted by Gasteiger charge is 2.20. The van der Waals surface area contributed by atoms with Gasteiger partial charge in [-0.1, -0.05) is 49.4 Å². The summed E-state index contributed by atoms with van der Waals surface area (Å²) >= 11 is 0. The smallest absolute Gasteiger partial charge is 0.341 e. The summed E-state index contributed by atoms with van der Waals surface area (Å²) in [6.45, 7) is 3.54. The van der Waals surface area contributed by atoms with Crippen molar-refractivity contribution in [3.8, 4) is 5.75 Å². The van der Waals surface area contributed by atoms with Gasteiger partial charge in [-0.3, -0.25) is 4.79 Å². The number of ether oxygens (including phenoxy) is 1. The van der Waals surface area contributed by atoms with E-state index in [4.69, 9.17) is 9.84 Å². The Hall–Kier alpha value is -2.82. The quantitative estimate of drug-likeness (QED) is 0.770. The van der Waals surface area contributed by atoms with Crippen LogP contribution in [0.2, 0.25) is 0 Å². The Labute approximate surface area is 147 Å². The number of rotatable bonds is 8. The number of aliphatic carboxylic acids is 1. The molecule has 0 bridgehead atoms. The molecule has 0 spiro atoms. The molecule has 0 heterocycles. The van der Waals surface area contributed by atoms with Crippen molar-refractivity contribution in [1.82, 2.24) is 5.32 Å². The molecule has 0 aliphatic carbocycles. The van der Waals surface area contributed by atoms with E-state index in [1.54, 1.807) is 12.1 Å². The van der Waals surface area contributed by atoms with Crippen molar-refractivity contribution < 1.29 is 19.4 Å². The minimum Gasteiger partial charge on any atom is -0.482 e. The average Bonchev–Trinajstić information content (AvgIpc) is 2.62. The second-order valence-corrected chi connectivity index (χ2v) is 5.85. The zero-order valence-electron chi connectivity index (χ0n) is 14.4. The third-order valence-electron chi connectivity index (χ3n) is 4.03. The van der Waals surface area contributed by atoms with Gasteiger partial charge in [-0.25, -0.2) is 4.79 Å². The lowest BCUT2D eigenvalue weighted by Crippen LogP contribution is -2.31. The van der Waals surface area contributed by atoms with E-state index in [1.807, 2.05) is 56.3 Å². The van der Waals surface area contributed by atoms with Crippen LogP contribution in [0.1, 0.15) is 43.4 Å². The van der Waals surface area contributed by atoms with E-state index >= 15 is 0 Å². The van der Waals surface area contributed by atoms with E-state index in [0.29, 0.717) is 5.75 Å². The molecule has 25 heavy (non-hydrogen) atoms. The Morgan fingerprint density at radius 3 is 2.24 bits per heavy atom. The standard InChI is InChI=1S/C20H23NO4/c1-3-18(16-7-5-4-6-8-16)20(24)21-14(2)15-9-11-17(12-10-15)25-13-19(22)23/h4-12,14,18H,3,13H2,1-2H3,(H,21,24)(H,22,23). The summed E-state index contributed by atoms with van der Waals surface area (Å²) in [5.74, 6) is -0.717. The number of nitrogens with one attached hydrogen (secondary N) is 1. The Bertz CT molecular complexity index is 697. The van der Waals surface area contributed by atoms with Crippen LogP contribution in [0.25, 0.3) is 0 Å². The van der Waals surface area contributed by atoms with Crippen LogP contribution in [0.3, 0.4) is 0 Å². The summed E-state index contributed by atoms with van der Waals surface area (Å²) in [5.41, 5.74) is 1.94. The number of hydrogen-bond donors (Lipinski definition) is 2. The molecule has 2 atom stereocenters. The van der Waals surface area contributed by atoms with Gasteiger partial charge >= 0.3 is 5.97 Å². The Balaban J connectivity index is 1.99. The first-order valence-corrected chi connectivity index (χ1v) is 8.31. The van der Waals surface area contributed by atoms with Gasteiger partial charge in [0.2, 0.25) is 5.91 Å². The molecule has 132 valence electrons. The van der Waals surface area contributed by atoms with Crippen LogP contribution in [0.5, 0.6) is 5.75 Å². The fourth-order valence-corrected chi connectivity index (χ4v) is 2.65. The maximum atomic E-state index is 12.6. The molecule has 0 radical (unpaired) electrons. The molecule has 1 amide bonds. The molecule has 0 aliphatic heterocycles. The molecule has 0 aromatic heterocycles. The van der Waals surface area contributed by atoms with E-state index in [9.17, 15) is 9.59 Å². The maximum Gasteiger partial charge on any atom is 0.341 e. The van der Waals surface area contributed by atoms with Crippen molar-refractivity contribution in [2.24, 2.45) is 0 Å². The molecule has 2 unspecified atom stereocenters. The number of amides is 1. The van der Waals surface area contributed by atoms with E-state index < -0.39 is 5.97 Å². The fraction of sp³-hybridized carbons (Fsp3) is 0.300. The molecular formula is C20H23NO4. The van der Waals surface area contributed by atoms with E-state index in [0.717, 1.165) is 17.5 Å². The first-order chi connectivity index (χ1) is 12.0. The number of carboxylic acid groups (broad SMARTS) is 1. The van der Waals surface area contributed by atoms with Crippen LogP contribution in [-0.2, 0) is 9.59 Å². The van der Waals surface area contributed by atoms with Gasteiger partial charge in [-0.15, -0.1) is 0 Å². The number of carbonyl (C=O) groups is 2. The van der Waals surface area contributed by atoms with Crippen LogP contribution >= 0.6 is 0 Å². The van der Waals surface area contributed by atoms with Gasteiger partial charge in [0.05, 0.1) is 12.0 Å². The third kappa shape index (κ3) is 5.35. The second kappa shape index (κ2) is 8.87. The highest BCUT2D eigenvalue weighted by Crippen LogP contribution is 2.22.